The van der Waals surface area contributed by atoms with Gasteiger partial charge in [0.1, 0.15) is 24.2 Å². The zero-order chi connectivity index (χ0) is 26.8. The number of ether oxygens (including phenoxy) is 1. The highest BCUT2D eigenvalue weighted by molar-refractivity contribution is 5.65. The summed E-state index contributed by atoms with van der Waals surface area (Å²) in [6.07, 6.45) is 0. The number of nitrogens with zero attached hydrogens (tertiary/aromatic N) is 4. The molecular weight excluding hydrogens is 471 g/mol. The Bertz CT molecular complexity index is 1200. The van der Waals surface area contributed by atoms with Gasteiger partial charge in [0.05, 0.1) is 15.9 Å². The lowest BCUT2D eigenvalue weighted by molar-refractivity contribution is -0.396. The maximum absolute atomic E-state index is 13.3. The van der Waals surface area contributed by atoms with E-state index in [1.807, 2.05) is 17.8 Å². The molecule has 11 heteroatoms. The molecule has 0 unspecified atom stereocenters. The van der Waals surface area contributed by atoms with Gasteiger partial charge in [-0.2, -0.15) is 0 Å². The van der Waals surface area contributed by atoms with Gasteiger partial charge in [-0.3, -0.25) is 25.1 Å². The first-order valence-corrected chi connectivity index (χ1v) is 11.4. The predicted molar refractivity (Wildman–Crippen MR) is 131 cm³/mol. The van der Waals surface area contributed by atoms with Gasteiger partial charge in [0.25, 0.3) is 5.75 Å². The molecule has 192 valence electrons. The Morgan fingerprint density at radius 1 is 1.08 bits per heavy atom. The smallest absolute Gasteiger partial charge is 0.322 e. The molecule has 1 saturated heterocycles. The molecule has 0 saturated carbocycles. The minimum absolute atomic E-state index is 0.183. The lowest BCUT2D eigenvalue weighted by atomic mass is 9.85. The lowest BCUT2D eigenvalue weighted by Crippen LogP contribution is -2.55. The second-order valence-corrected chi connectivity index (χ2v) is 9.89. The number of piperazine rings is 1. The van der Waals surface area contributed by atoms with Gasteiger partial charge >= 0.3 is 11.4 Å². The van der Waals surface area contributed by atoms with Crippen LogP contribution < -0.4 is 4.74 Å². The van der Waals surface area contributed by atoms with Crippen LogP contribution in [0, 0.1) is 26.0 Å². The molecule has 0 aliphatic carbocycles. The van der Waals surface area contributed by atoms with E-state index in [4.69, 9.17) is 4.74 Å². The maximum Gasteiger partial charge on any atom is 0.322 e. The van der Waals surface area contributed by atoms with Crippen LogP contribution in [-0.2, 0) is 16.8 Å². The molecule has 0 radical (unpaired) electrons. The van der Waals surface area contributed by atoms with Crippen LogP contribution in [0.3, 0.4) is 0 Å². The SMILES string of the molecule is C[C@@H]1CN(COc2c([N+](=O)[O-])ccc(C(C)(C)C)c2[N+](=O)[O-])[C@@H](C)C(=C=O)N1Cc1ccc(F)cc1. The zero-order valence-electron chi connectivity index (χ0n) is 20.9. The second-order valence-electron chi connectivity index (χ2n) is 9.89. The Morgan fingerprint density at radius 2 is 1.72 bits per heavy atom. The van der Waals surface area contributed by atoms with Crippen molar-refractivity contribution >= 4 is 17.3 Å². The van der Waals surface area contributed by atoms with Crippen LogP contribution in [0.4, 0.5) is 15.8 Å². The van der Waals surface area contributed by atoms with Gasteiger partial charge < -0.3 is 9.64 Å². The summed E-state index contributed by atoms with van der Waals surface area (Å²) in [6, 6.07) is 7.92. The topological polar surface area (TPSA) is 119 Å². The Labute approximate surface area is 208 Å². The van der Waals surface area contributed by atoms with Gasteiger partial charge in [0.2, 0.25) is 0 Å². The van der Waals surface area contributed by atoms with Crippen molar-refractivity contribution in [1.82, 2.24) is 9.80 Å². The molecule has 1 aliphatic heterocycles. The molecule has 2 atom stereocenters. The summed E-state index contributed by atoms with van der Waals surface area (Å²) < 4.78 is 19.1. The Morgan fingerprint density at radius 3 is 2.25 bits per heavy atom. The summed E-state index contributed by atoms with van der Waals surface area (Å²) >= 11 is 0. The molecule has 0 amide bonds. The number of halogens is 1. The average Bonchev–Trinajstić information content (AvgIpc) is 2.80. The van der Waals surface area contributed by atoms with Crippen LogP contribution in [-0.4, -0.2) is 50.9 Å². The van der Waals surface area contributed by atoms with E-state index >= 15 is 0 Å². The molecule has 36 heavy (non-hydrogen) atoms. The van der Waals surface area contributed by atoms with E-state index in [0.29, 0.717) is 24.4 Å². The molecule has 1 heterocycles. The normalized spacial score (nSPS) is 18.6. The number of hydrogen-bond donors (Lipinski definition) is 0. The van der Waals surface area contributed by atoms with E-state index in [0.717, 1.165) is 5.56 Å². The maximum atomic E-state index is 13.3. The lowest BCUT2D eigenvalue weighted by Gasteiger charge is -2.45. The van der Waals surface area contributed by atoms with E-state index in [1.54, 1.807) is 44.7 Å². The number of hydrogen-bond acceptors (Lipinski definition) is 8. The molecule has 3 rings (SSSR count). The molecule has 2 aromatic carbocycles. The highest BCUT2D eigenvalue weighted by atomic mass is 19.1. The minimum Gasteiger partial charge on any atom is -0.466 e. The van der Waals surface area contributed by atoms with Gasteiger partial charge in [0.15, 0.2) is 0 Å². The van der Waals surface area contributed by atoms with E-state index in [2.05, 4.69) is 0 Å². The molecule has 1 aliphatic rings. The summed E-state index contributed by atoms with van der Waals surface area (Å²) in [7, 11) is 0. The Kier molecular flexibility index (Phi) is 7.76. The number of benzene rings is 2. The van der Waals surface area contributed by atoms with Crippen LogP contribution in [0.1, 0.15) is 45.7 Å². The molecule has 10 nitrogen and oxygen atoms in total. The van der Waals surface area contributed by atoms with Crippen molar-refractivity contribution in [3.63, 3.8) is 0 Å². The second kappa shape index (κ2) is 10.4. The van der Waals surface area contributed by atoms with E-state index < -0.39 is 38.4 Å². The van der Waals surface area contributed by atoms with Gasteiger partial charge in [-0.05, 0) is 43.0 Å². The number of carbonyl (C=O) groups excluding carboxylic acids is 1. The van der Waals surface area contributed by atoms with Crippen molar-refractivity contribution < 1.29 is 23.8 Å². The van der Waals surface area contributed by atoms with Gasteiger partial charge in [-0.25, -0.2) is 9.18 Å². The van der Waals surface area contributed by atoms with Gasteiger partial charge in [-0.1, -0.05) is 32.9 Å². The third-order valence-electron chi connectivity index (χ3n) is 6.33. The van der Waals surface area contributed by atoms with Crippen LogP contribution in [0.2, 0.25) is 0 Å². The summed E-state index contributed by atoms with van der Waals surface area (Å²) in [5.41, 5.74) is -0.133. The first-order valence-electron chi connectivity index (χ1n) is 11.4. The Balaban J connectivity index is 1.89. The molecule has 0 bridgehead atoms. The van der Waals surface area contributed by atoms with E-state index in [9.17, 15) is 29.4 Å². The van der Waals surface area contributed by atoms with Gasteiger partial charge in [-0.15, -0.1) is 0 Å². The molecule has 2 aromatic rings. The summed E-state index contributed by atoms with van der Waals surface area (Å²) in [6.45, 7) is 9.55. The van der Waals surface area contributed by atoms with Crippen LogP contribution >= 0.6 is 0 Å². The number of nitro benzene ring substituents is 2. The fourth-order valence-corrected chi connectivity index (χ4v) is 4.36. The third-order valence-corrected chi connectivity index (χ3v) is 6.33. The standard InChI is InChI=1S/C25H29FN4O6/c1-16-12-27(17(2)22(14-31)28(16)13-18-6-8-19(26)9-7-18)15-36-24-21(29(32)33)11-10-20(25(3,4)5)23(24)30(34)35/h6-11,16-17H,12-13,15H2,1-5H3/t16-,17+/m1/s1. The zero-order valence-corrected chi connectivity index (χ0v) is 20.9. The predicted octanol–water partition coefficient (Wildman–Crippen LogP) is 4.59. The minimum atomic E-state index is -0.710. The van der Waals surface area contributed by atoms with Crippen molar-refractivity contribution in [3.8, 4) is 5.75 Å². The fraction of sp³-hybridized carbons (Fsp3) is 0.440. The summed E-state index contributed by atoms with van der Waals surface area (Å²) in [5, 5.41) is 23.6. The summed E-state index contributed by atoms with van der Waals surface area (Å²) in [5.74, 6) is 1.22. The molecule has 0 aromatic heterocycles. The average molecular weight is 501 g/mol. The molecule has 1 fully saturated rings. The number of rotatable bonds is 7. The quantitative estimate of drug-likeness (QED) is 0.308. The van der Waals surface area contributed by atoms with Crippen molar-refractivity contribution in [2.24, 2.45) is 0 Å². The van der Waals surface area contributed by atoms with Crippen LogP contribution in [0.5, 0.6) is 5.75 Å². The highest BCUT2D eigenvalue weighted by Gasteiger charge is 2.38. The van der Waals surface area contributed by atoms with Crippen molar-refractivity contribution in [2.75, 3.05) is 13.3 Å². The monoisotopic (exact) mass is 500 g/mol. The van der Waals surface area contributed by atoms with Crippen molar-refractivity contribution in [1.29, 1.82) is 0 Å². The first kappa shape index (κ1) is 26.8. The van der Waals surface area contributed by atoms with Crippen molar-refractivity contribution in [3.05, 3.63) is 79.3 Å². The van der Waals surface area contributed by atoms with E-state index in [-0.39, 0.29) is 18.6 Å². The largest absolute Gasteiger partial charge is 0.466 e. The fourth-order valence-electron chi connectivity index (χ4n) is 4.36. The number of nitro groups is 2. The van der Waals surface area contributed by atoms with Crippen molar-refractivity contribution in [2.45, 2.75) is 58.7 Å². The Hall–Kier alpha value is -3.82. The van der Waals surface area contributed by atoms with Crippen LogP contribution in [0.25, 0.3) is 0 Å². The molecule has 0 spiro atoms. The molecular formula is C25H29FN4O6. The third kappa shape index (κ3) is 5.53. The van der Waals surface area contributed by atoms with E-state index in [1.165, 1.54) is 24.3 Å². The van der Waals surface area contributed by atoms with Gasteiger partial charge in [0, 0.05) is 30.8 Å². The van der Waals surface area contributed by atoms with Crippen LogP contribution in [0.15, 0.2) is 42.1 Å². The molecule has 0 N–H and O–H groups in total. The first-order chi connectivity index (χ1) is 16.8. The summed E-state index contributed by atoms with van der Waals surface area (Å²) in [4.78, 5) is 37.8. The highest BCUT2D eigenvalue weighted by Crippen LogP contribution is 2.44.